The smallest absolute Gasteiger partial charge is 0.261 e. The van der Waals surface area contributed by atoms with Crippen LogP contribution in [0.2, 0.25) is 5.02 Å². The first-order valence-electron chi connectivity index (χ1n) is 11.6. The second-order valence-electron chi connectivity index (χ2n) is 8.98. The number of aromatic nitrogens is 2. The Morgan fingerprint density at radius 2 is 1.56 bits per heavy atom. The van der Waals surface area contributed by atoms with Gasteiger partial charge in [-0.25, -0.2) is 4.98 Å². The predicted octanol–water partition coefficient (Wildman–Crippen LogP) is 5.60. The zero-order valence-corrected chi connectivity index (χ0v) is 19.8. The lowest BCUT2D eigenvalue weighted by Crippen LogP contribution is -2.44. The van der Waals surface area contributed by atoms with E-state index in [0.29, 0.717) is 41.3 Å². The SMILES string of the molecule is CC1CCC(=O)N(Cc2ccccc2)C1c1nc2cc(Cl)ccc2c(=O)n1Cc1ccccc1. The van der Waals surface area contributed by atoms with Crippen molar-refractivity contribution in [2.45, 2.75) is 38.9 Å². The number of amides is 1. The minimum absolute atomic E-state index is 0.0821. The fraction of sp³-hybridized carbons (Fsp3) is 0.250. The molecule has 2 unspecified atom stereocenters. The van der Waals surface area contributed by atoms with Crippen LogP contribution in [-0.2, 0) is 17.9 Å². The molecule has 1 aromatic heterocycles. The molecule has 0 bridgehead atoms. The van der Waals surface area contributed by atoms with Gasteiger partial charge in [0.1, 0.15) is 5.82 Å². The van der Waals surface area contributed by atoms with Crippen LogP contribution in [-0.4, -0.2) is 20.4 Å². The summed E-state index contributed by atoms with van der Waals surface area (Å²) in [6.45, 7) is 3.00. The molecule has 0 radical (unpaired) electrons. The molecule has 3 aromatic carbocycles. The predicted molar refractivity (Wildman–Crippen MR) is 135 cm³/mol. The number of halogens is 1. The number of hydrogen-bond acceptors (Lipinski definition) is 3. The molecule has 0 N–H and O–H groups in total. The molecule has 172 valence electrons. The van der Waals surface area contributed by atoms with Gasteiger partial charge in [0.15, 0.2) is 0 Å². The molecular weight excluding hydrogens is 446 g/mol. The summed E-state index contributed by atoms with van der Waals surface area (Å²) in [5.74, 6) is 0.839. The number of piperidine rings is 1. The molecule has 1 amide bonds. The molecule has 34 heavy (non-hydrogen) atoms. The van der Waals surface area contributed by atoms with Gasteiger partial charge in [-0.15, -0.1) is 0 Å². The third-order valence-corrected chi connectivity index (χ3v) is 6.83. The van der Waals surface area contributed by atoms with Crippen molar-refractivity contribution in [3.05, 3.63) is 111 Å². The Kier molecular flexibility index (Phi) is 6.20. The standard InChI is InChI=1S/C28H26ClN3O2/c1-19-12-15-25(33)31(17-20-8-4-2-5-9-20)26(19)27-30-24-16-22(29)13-14-23(24)28(34)32(27)18-21-10-6-3-7-11-21/h2-11,13-14,16,19,26H,12,15,17-18H2,1H3. The molecule has 5 nitrogen and oxygen atoms in total. The van der Waals surface area contributed by atoms with Crippen molar-refractivity contribution >= 4 is 28.4 Å². The fourth-order valence-electron chi connectivity index (χ4n) is 4.83. The number of carbonyl (C=O) groups excluding carboxylic acids is 1. The Labute approximate surface area is 203 Å². The molecule has 0 aliphatic carbocycles. The molecular formula is C28H26ClN3O2. The molecule has 5 rings (SSSR count). The van der Waals surface area contributed by atoms with Crippen molar-refractivity contribution in [3.63, 3.8) is 0 Å². The zero-order valence-electron chi connectivity index (χ0n) is 19.0. The van der Waals surface area contributed by atoms with Crippen LogP contribution in [0.3, 0.4) is 0 Å². The van der Waals surface area contributed by atoms with E-state index in [2.05, 4.69) is 6.92 Å². The minimum Gasteiger partial charge on any atom is -0.328 e. The molecule has 1 saturated heterocycles. The van der Waals surface area contributed by atoms with Crippen molar-refractivity contribution < 1.29 is 4.79 Å². The number of likely N-dealkylation sites (tertiary alicyclic amines) is 1. The van der Waals surface area contributed by atoms with E-state index in [1.807, 2.05) is 65.6 Å². The highest BCUT2D eigenvalue weighted by Crippen LogP contribution is 2.37. The van der Waals surface area contributed by atoms with Gasteiger partial charge in [-0.2, -0.15) is 0 Å². The van der Waals surface area contributed by atoms with Crippen LogP contribution in [0.4, 0.5) is 0 Å². The van der Waals surface area contributed by atoms with Crippen molar-refractivity contribution in [1.82, 2.24) is 14.5 Å². The fourth-order valence-corrected chi connectivity index (χ4v) is 5.00. The maximum Gasteiger partial charge on any atom is 0.261 e. The molecule has 6 heteroatoms. The van der Waals surface area contributed by atoms with Crippen molar-refractivity contribution in [2.75, 3.05) is 0 Å². The van der Waals surface area contributed by atoms with Crippen LogP contribution in [0, 0.1) is 5.92 Å². The number of fused-ring (bicyclic) bond motifs is 1. The first kappa shape index (κ1) is 22.4. The maximum atomic E-state index is 13.7. The summed E-state index contributed by atoms with van der Waals surface area (Å²) in [5, 5.41) is 1.05. The molecule has 1 aliphatic rings. The lowest BCUT2D eigenvalue weighted by atomic mass is 9.88. The van der Waals surface area contributed by atoms with Crippen LogP contribution in [0.15, 0.2) is 83.7 Å². The Bertz CT molecular complexity index is 1390. The van der Waals surface area contributed by atoms with E-state index >= 15 is 0 Å². The van der Waals surface area contributed by atoms with Crippen LogP contribution >= 0.6 is 11.6 Å². The first-order chi connectivity index (χ1) is 16.5. The van der Waals surface area contributed by atoms with Crippen LogP contribution in [0.25, 0.3) is 10.9 Å². The summed E-state index contributed by atoms with van der Waals surface area (Å²) in [7, 11) is 0. The molecule has 1 aliphatic heterocycles. The van der Waals surface area contributed by atoms with E-state index in [1.165, 1.54) is 0 Å². The van der Waals surface area contributed by atoms with Crippen molar-refractivity contribution in [1.29, 1.82) is 0 Å². The van der Waals surface area contributed by atoms with Gasteiger partial charge in [-0.3, -0.25) is 14.2 Å². The second kappa shape index (κ2) is 9.43. The summed E-state index contributed by atoms with van der Waals surface area (Å²) in [6.07, 6.45) is 1.25. The van der Waals surface area contributed by atoms with E-state index in [4.69, 9.17) is 16.6 Å². The van der Waals surface area contributed by atoms with Crippen molar-refractivity contribution in [3.8, 4) is 0 Å². The Morgan fingerprint density at radius 1 is 0.912 bits per heavy atom. The first-order valence-corrected chi connectivity index (χ1v) is 12.0. The lowest BCUT2D eigenvalue weighted by molar-refractivity contribution is -0.140. The topological polar surface area (TPSA) is 55.2 Å². The summed E-state index contributed by atoms with van der Waals surface area (Å²) >= 11 is 6.25. The summed E-state index contributed by atoms with van der Waals surface area (Å²) in [4.78, 5) is 33.8. The van der Waals surface area contributed by atoms with E-state index in [1.54, 1.807) is 22.8 Å². The van der Waals surface area contributed by atoms with Gasteiger partial charge in [0.25, 0.3) is 5.56 Å². The molecule has 0 spiro atoms. The molecule has 2 heterocycles. The van der Waals surface area contributed by atoms with Crippen LogP contribution in [0.1, 0.15) is 42.8 Å². The lowest BCUT2D eigenvalue weighted by Gasteiger charge is -2.40. The monoisotopic (exact) mass is 471 g/mol. The van der Waals surface area contributed by atoms with Gasteiger partial charge in [0.2, 0.25) is 5.91 Å². The van der Waals surface area contributed by atoms with E-state index in [0.717, 1.165) is 17.5 Å². The number of rotatable bonds is 5. The zero-order chi connectivity index (χ0) is 23.7. The quantitative estimate of drug-likeness (QED) is 0.381. The molecule has 0 saturated carbocycles. The van der Waals surface area contributed by atoms with E-state index in [-0.39, 0.29) is 23.4 Å². The van der Waals surface area contributed by atoms with Gasteiger partial charge in [-0.1, -0.05) is 79.2 Å². The highest BCUT2D eigenvalue weighted by molar-refractivity contribution is 6.31. The van der Waals surface area contributed by atoms with Gasteiger partial charge in [0.05, 0.1) is 23.5 Å². The van der Waals surface area contributed by atoms with E-state index in [9.17, 15) is 9.59 Å². The van der Waals surface area contributed by atoms with Gasteiger partial charge < -0.3 is 4.90 Å². The van der Waals surface area contributed by atoms with Gasteiger partial charge in [0, 0.05) is 18.0 Å². The normalized spacial score (nSPS) is 18.4. The van der Waals surface area contributed by atoms with E-state index < -0.39 is 0 Å². The number of nitrogens with zero attached hydrogens (tertiary/aromatic N) is 3. The molecule has 2 atom stereocenters. The van der Waals surface area contributed by atoms with Crippen molar-refractivity contribution in [2.24, 2.45) is 5.92 Å². The third kappa shape index (κ3) is 4.36. The summed E-state index contributed by atoms with van der Waals surface area (Å²) in [6, 6.07) is 24.7. The Morgan fingerprint density at radius 3 is 2.24 bits per heavy atom. The highest BCUT2D eigenvalue weighted by atomic mass is 35.5. The number of benzene rings is 3. The van der Waals surface area contributed by atoms with Crippen LogP contribution in [0.5, 0.6) is 0 Å². The molecule has 4 aromatic rings. The molecule has 1 fully saturated rings. The second-order valence-corrected chi connectivity index (χ2v) is 9.41. The average Bonchev–Trinajstić information content (AvgIpc) is 2.85. The Balaban J connectivity index is 1.69. The minimum atomic E-state index is -0.318. The number of hydrogen-bond donors (Lipinski definition) is 0. The Hall–Kier alpha value is -3.44. The summed E-state index contributed by atoms with van der Waals surface area (Å²) in [5.41, 5.74) is 2.49. The van der Waals surface area contributed by atoms with Gasteiger partial charge in [-0.05, 0) is 41.7 Å². The maximum absolute atomic E-state index is 13.7. The highest BCUT2D eigenvalue weighted by Gasteiger charge is 2.37. The largest absolute Gasteiger partial charge is 0.328 e. The average molecular weight is 472 g/mol. The summed E-state index contributed by atoms with van der Waals surface area (Å²) < 4.78 is 1.74. The number of carbonyl (C=O) groups is 1. The van der Waals surface area contributed by atoms with Crippen LogP contribution < -0.4 is 5.56 Å². The van der Waals surface area contributed by atoms with Gasteiger partial charge >= 0.3 is 0 Å². The third-order valence-electron chi connectivity index (χ3n) is 6.60.